The van der Waals surface area contributed by atoms with Gasteiger partial charge in [0.1, 0.15) is 24.1 Å². The molecular weight excluding hydrogens is 460 g/mol. The normalized spacial score (nSPS) is 20.8. The summed E-state index contributed by atoms with van der Waals surface area (Å²) in [7, 11) is 0. The van der Waals surface area contributed by atoms with E-state index >= 15 is 0 Å². The number of Topliss-reactive ketones (excluding diaryl/α,β-unsaturated/α-hetero) is 1. The number of piperidine rings is 1. The van der Waals surface area contributed by atoms with Crippen molar-refractivity contribution in [2.45, 2.75) is 64.8 Å². The highest BCUT2D eigenvalue weighted by molar-refractivity contribution is 6.45. The van der Waals surface area contributed by atoms with Crippen LogP contribution in [0.15, 0.2) is 36.7 Å². The van der Waals surface area contributed by atoms with Crippen LogP contribution in [0.5, 0.6) is 5.75 Å². The Hall–Kier alpha value is -3.82. The maximum Gasteiger partial charge on any atom is 0.243 e. The van der Waals surface area contributed by atoms with Gasteiger partial charge in [-0.3, -0.25) is 19.8 Å². The number of fused-ring (bicyclic) bond motifs is 1. The monoisotopic (exact) mass is 492 g/mol. The molecule has 1 saturated carbocycles. The van der Waals surface area contributed by atoms with Crippen molar-refractivity contribution in [3.05, 3.63) is 48.0 Å². The number of ketones is 1. The number of hydrogen-bond acceptors (Lipinski definition) is 8. The Bertz CT molecular complexity index is 1150. The average molecular weight is 493 g/mol. The Morgan fingerprint density at radius 1 is 1.22 bits per heavy atom. The van der Waals surface area contributed by atoms with Crippen molar-refractivity contribution in [1.29, 1.82) is 5.41 Å². The molecule has 36 heavy (non-hydrogen) atoms. The molecule has 2 amide bonds. The standard InChI is InChI=1S/C26H32N6O4/c1-4-15(2)31-26(35)22-11-17-10-21(17)32(22)24(34)13-30-20-7-6-18(12-19(20)25(27)16(3)33)36-14-23-28-8-5-9-29-23/h5-9,12,15,17,21-22,27,30H,4,10-11,13-14H2,1-3H3,(H,31,35)/t15-,17+,21+,22-/m0/s1. The fraction of sp³-hybridized carbons (Fsp3) is 0.462. The molecule has 1 saturated heterocycles. The van der Waals surface area contributed by atoms with Gasteiger partial charge in [-0.15, -0.1) is 0 Å². The minimum Gasteiger partial charge on any atom is -0.486 e. The number of anilines is 1. The zero-order chi connectivity index (χ0) is 25.8. The second-order valence-electron chi connectivity index (χ2n) is 9.38. The number of ether oxygens (including phenoxy) is 1. The molecule has 2 fully saturated rings. The molecule has 0 unspecified atom stereocenters. The summed E-state index contributed by atoms with van der Waals surface area (Å²) >= 11 is 0. The molecule has 4 atom stereocenters. The summed E-state index contributed by atoms with van der Waals surface area (Å²) in [5, 5.41) is 14.3. The van der Waals surface area contributed by atoms with E-state index in [2.05, 4.69) is 20.6 Å². The molecule has 2 aliphatic rings. The first kappa shape index (κ1) is 25.3. The Kier molecular flexibility index (Phi) is 7.61. The summed E-state index contributed by atoms with van der Waals surface area (Å²) in [4.78, 5) is 47.9. The van der Waals surface area contributed by atoms with Gasteiger partial charge in [0.25, 0.3) is 0 Å². The van der Waals surface area contributed by atoms with E-state index in [4.69, 9.17) is 10.1 Å². The lowest BCUT2D eigenvalue weighted by Gasteiger charge is -2.28. The molecule has 190 valence electrons. The summed E-state index contributed by atoms with van der Waals surface area (Å²) in [6.07, 6.45) is 5.68. The first-order valence-corrected chi connectivity index (χ1v) is 12.3. The molecular formula is C26H32N6O4. The SMILES string of the molecule is CC[C@H](C)NC(=O)[C@@H]1C[C@H]2C[C@H]2N1C(=O)CNc1ccc(OCc2ncccn2)cc1C(=N)C(C)=O. The summed E-state index contributed by atoms with van der Waals surface area (Å²) in [5.41, 5.74) is 0.609. The molecule has 1 aliphatic heterocycles. The van der Waals surface area contributed by atoms with Gasteiger partial charge < -0.3 is 20.3 Å². The van der Waals surface area contributed by atoms with Crippen LogP contribution in [0.3, 0.4) is 0 Å². The van der Waals surface area contributed by atoms with E-state index in [1.165, 1.54) is 6.92 Å². The second-order valence-corrected chi connectivity index (χ2v) is 9.38. The summed E-state index contributed by atoms with van der Waals surface area (Å²) in [6.45, 7) is 5.36. The van der Waals surface area contributed by atoms with Crippen molar-refractivity contribution in [3.63, 3.8) is 0 Å². The van der Waals surface area contributed by atoms with Crippen LogP contribution in [-0.2, 0) is 21.0 Å². The van der Waals surface area contributed by atoms with Gasteiger partial charge >= 0.3 is 0 Å². The Morgan fingerprint density at radius 3 is 2.67 bits per heavy atom. The van der Waals surface area contributed by atoms with Crippen LogP contribution in [0.1, 0.15) is 51.4 Å². The van der Waals surface area contributed by atoms with Gasteiger partial charge in [0.15, 0.2) is 11.6 Å². The number of carbonyl (C=O) groups is 3. The van der Waals surface area contributed by atoms with Gasteiger partial charge in [0.05, 0.1) is 6.54 Å². The van der Waals surface area contributed by atoms with Gasteiger partial charge in [-0.2, -0.15) is 0 Å². The molecule has 10 heteroatoms. The molecule has 0 bridgehead atoms. The highest BCUT2D eigenvalue weighted by Crippen LogP contribution is 2.47. The Balaban J connectivity index is 1.44. The Morgan fingerprint density at radius 2 is 1.97 bits per heavy atom. The summed E-state index contributed by atoms with van der Waals surface area (Å²) < 4.78 is 5.74. The predicted octanol–water partition coefficient (Wildman–Crippen LogP) is 2.33. The molecule has 1 aromatic heterocycles. The summed E-state index contributed by atoms with van der Waals surface area (Å²) in [6, 6.07) is 6.39. The molecule has 3 N–H and O–H groups in total. The Labute approximate surface area is 210 Å². The number of hydrogen-bond donors (Lipinski definition) is 3. The molecule has 0 spiro atoms. The number of nitrogens with zero attached hydrogens (tertiary/aromatic N) is 3. The maximum atomic E-state index is 13.2. The van der Waals surface area contributed by atoms with Crippen molar-refractivity contribution in [2.24, 2.45) is 5.92 Å². The average Bonchev–Trinajstić information content (AvgIpc) is 3.54. The fourth-order valence-electron chi connectivity index (χ4n) is 4.47. The number of nitrogens with one attached hydrogen (secondary N) is 3. The van der Waals surface area contributed by atoms with Crippen LogP contribution >= 0.6 is 0 Å². The molecule has 1 aromatic carbocycles. The third-order valence-electron chi connectivity index (χ3n) is 6.73. The van der Waals surface area contributed by atoms with Gasteiger partial charge in [-0.25, -0.2) is 9.97 Å². The van der Waals surface area contributed by atoms with E-state index in [1.54, 1.807) is 41.6 Å². The zero-order valence-corrected chi connectivity index (χ0v) is 20.8. The number of benzene rings is 1. The summed E-state index contributed by atoms with van der Waals surface area (Å²) in [5.74, 6) is 0.647. The van der Waals surface area contributed by atoms with Crippen molar-refractivity contribution < 1.29 is 19.1 Å². The van der Waals surface area contributed by atoms with Gasteiger partial charge in [-0.1, -0.05) is 6.92 Å². The third-order valence-corrected chi connectivity index (χ3v) is 6.73. The first-order chi connectivity index (χ1) is 17.3. The van der Waals surface area contributed by atoms with Crippen molar-refractivity contribution in [1.82, 2.24) is 20.2 Å². The van der Waals surface area contributed by atoms with Crippen molar-refractivity contribution >= 4 is 29.0 Å². The minimum absolute atomic E-state index is 0.0490. The third kappa shape index (κ3) is 5.69. The van der Waals surface area contributed by atoms with Crippen LogP contribution < -0.4 is 15.4 Å². The van der Waals surface area contributed by atoms with Crippen LogP contribution in [0.4, 0.5) is 5.69 Å². The van der Waals surface area contributed by atoms with E-state index in [0.717, 1.165) is 12.8 Å². The van der Waals surface area contributed by atoms with Gasteiger partial charge in [0.2, 0.25) is 11.8 Å². The zero-order valence-electron chi connectivity index (χ0n) is 20.8. The maximum absolute atomic E-state index is 13.2. The number of carbonyl (C=O) groups excluding carboxylic acids is 3. The molecule has 10 nitrogen and oxygen atoms in total. The van der Waals surface area contributed by atoms with Crippen LogP contribution in [0.25, 0.3) is 0 Å². The van der Waals surface area contributed by atoms with E-state index in [1.807, 2.05) is 13.8 Å². The number of likely N-dealkylation sites (tertiary alicyclic amines) is 1. The highest BCUT2D eigenvalue weighted by Gasteiger charge is 2.55. The minimum atomic E-state index is -0.456. The van der Waals surface area contributed by atoms with Crippen LogP contribution in [0, 0.1) is 11.3 Å². The topological polar surface area (TPSA) is 137 Å². The fourth-order valence-corrected chi connectivity index (χ4v) is 4.47. The van der Waals surface area contributed by atoms with Crippen molar-refractivity contribution in [3.8, 4) is 5.75 Å². The largest absolute Gasteiger partial charge is 0.486 e. The molecule has 2 aromatic rings. The van der Waals surface area contributed by atoms with E-state index in [9.17, 15) is 14.4 Å². The number of rotatable bonds is 11. The van der Waals surface area contributed by atoms with Crippen molar-refractivity contribution in [2.75, 3.05) is 11.9 Å². The van der Waals surface area contributed by atoms with E-state index in [-0.39, 0.29) is 42.8 Å². The second kappa shape index (κ2) is 10.8. The first-order valence-electron chi connectivity index (χ1n) is 12.3. The molecule has 1 aliphatic carbocycles. The number of amides is 2. The highest BCUT2D eigenvalue weighted by atomic mass is 16.5. The van der Waals surface area contributed by atoms with Gasteiger partial charge in [-0.05, 0) is 56.4 Å². The lowest BCUT2D eigenvalue weighted by Crippen LogP contribution is -2.51. The quantitative estimate of drug-likeness (QED) is 0.409. The lowest BCUT2D eigenvalue weighted by atomic mass is 10.0. The lowest BCUT2D eigenvalue weighted by molar-refractivity contribution is -0.138. The molecule has 4 rings (SSSR count). The van der Waals surface area contributed by atoms with E-state index in [0.29, 0.717) is 35.2 Å². The smallest absolute Gasteiger partial charge is 0.243 e. The van der Waals surface area contributed by atoms with Crippen LogP contribution in [0.2, 0.25) is 0 Å². The molecule has 0 radical (unpaired) electrons. The van der Waals surface area contributed by atoms with E-state index < -0.39 is 11.8 Å². The molecule has 2 heterocycles. The van der Waals surface area contributed by atoms with Gasteiger partial charge in [0, 0.05) is 42.7 Å². The van der Waals surface area contributed by atoms with Crippen LogP contribution in [-0.4, -0.2) is 62.8 Å². The predicted molar refractivity (Wildman–Crippen MR) is 134 cm³/mol. The number of aromatic nitrogens is 2.